The number of ether oxygens (including phenoxy) is 1. The highest BCUT2D eigenvalue weighted by atomic mass is 35.5. The fraction of sp³-hybridized carbons (Fsp3) is 0.409. The van der Waals surface area contributed by atoms with E-state index in [4.69, 9.17) is 20.8 Å². The summed E-state index contributed by atoms with van der Waals surface area (Å²) in [6.07, 6.45) is 1.43. The Balaban J connectivity index is 1.50. The largest absolute Gasteiger partial charge is 0.442 e. The van der Waals surface area contributed by atoms with E-state index in [-0.39, 0.29) is 22.6 Å². The van der Waals surface area contributed by atoms with E-state index in [1.807, 2.05) is 24.3 Å². The fourth-order valence-electron chi connectivity index (χ4n) is 3.86. The van der Waals surface area contributed by atoms with Crippen LogP contribution < -0.4 is 5.56 Å². The van der Waals surface area contributed by atoms with Crippen molar-refractivity contribution in [1.29, 1.82) is 0 Å². The third-order valence-corrected chi connectivity index (χ3v) is 5.84. The predicted octanol–water partition coefficient (Wildman–Crippen LogP) is 2.56. The summed E-state index contributed by atoms with van der Waals surface area (Å²) in [5.74, 6) is 0.225. The molecule has 1 fully saturated rings. The molecule has 3 aromatic rings. The summed E-state index contributed by atoms with van der Waals surface area (Å²) >= 11 is 5.96. The molecular formula is C22H25ClN4O4. The first-order valence-electron chi connectivity index (χ1n) is 10.2. The molecule has 1 saturated heterocycles. The van der Waals surface area contributed by atoms with E-state index < -0.39 is 0 Å². The van der Waals surface area contributed by atoms with Crippen LogP contribution in [-0.2, 0) is 17.8 Å². The lowest BCUT2D eigenvalue weighted by atomic mass is 10.1. The highest BCUT2D eigenvalue weighted by molar-refractivity contribution is 6.30. The third-order valence-electron chi connectivity index (χ3n) is 5.58. The zero-order chi connectivity index (χ0) is 22.0. The van der Waals surface area contributed by atoms with Gasteiger partial charge in [0.1, 0.15) is 17.5 Å². The molecule has 9 heteroatoms. The number of fused-ring (bicyclic) bond motifs is 1. The number of rotatable bonds is 6. The molecule has 0 atom stereocenters. The second-order valence-electron chi connectivity index (χ2n) is 7.64. The highest BCUT2D eigenvalue weighted by Crippen LogP contribution is 2.23. The second-order valence-corrected chi connectivity index (χ2v) is 8.08. The van der Waals surface area contributed by atoms with E-state index in [0.717, 1.165) is 24.7 Å². The number of aryl methyl sites for hydroxylation is 1. The zero-order valence-corrected chi connectivity index (χ0v) is 18.4. The summed E-state index contributed by atoms with van der Waals surface area (Å²) in [7, 11) is 1.57. The number of hydrogen-bond acceptors (Lipinski definition) is 6. The lowest BCUT2D eigenvalue weighted by Gasteiger charge is -2.34. The molecule has 0 radical (unpaired) electrons. The number of carbonyl (C=O) groups excluding carboxylic acids is 1. The van der Waals surface area contributed by atoms with E-state index in [1.165, 1.54) is 16.5 Å². The average molecular weight is 445 g/mol. The molecular weight excluding hydrogens is 420 g/mol. The van der Waals surface area contributed by atoms with Crippen LogP contribution in [-0.4, -0.2) is 65.2 Å². The van der Waals surface area contributed by atoms with Crippen molar-refractivity contribution in [2.45, 2.75) is 20.0 Å². The van der Waals surface area contributed by atoms with Gasteiger partial charge in [-0.25, -0.2) is 4.98 Å². The second kappa shape index (κ2) is 9.21. The van der Waals surface area contributed by atoms with Gasteiger partial charge in [0.15, 0.2) is 0 Å². The van der Waals surface area contributed by atoms with Crippen molar-refractivity contribution in [3.8, 4) is 0 Å². The molecule has 31 heavy (non-hydrogen) atoms. The summed E-state index contributed by atoms with van der Waals surface area (Å²) in [6.45, 7) is 5.90. The number of halogens is 1. The maximum atomic E-state index is 13.3. The van der Waals surface area contributed by atoms with E-state index in [0.29, 0.717) is 37.6 Å². The molecule has 0 bridgehead atoms. The van der Waals surface area contributed by atoms with Gasteiger partial charge in [-0.2, -0.15) is 0 Å². The molecule has 0 unspecified atom stereocenters. The molecule has 0 spiro atoms. The first-order valence-corrected chi connectivity index (χ1v) is 10.6. The highest BCUT2D eigenvalue weighted by Gasteiger charge is 2.29. The Morgan fingerprint density at radius 1 is 1.19 bits per heavy atom. The van der Waals surface area contributed by atoms with Gasteiger partial charge in [0, 0.05) is 44.9 Å². The topological polar surface area (TPSA) is 80.8 Å². The standard InChI is InChI=1S/C22H25ClN4O4/c1-15-18(19-20(31-15)24-14-27(22(19)29)11-12-30-2)21(28)26-9-7-25(8-10-26)13-16-3-5-17(23)6-4-16/h3-6,14H,7-13H2,1-2H3. The van der Waals surface area contributed by atoms with Crippen LogP contribution in [0.25, 0.3) is 11.1 Å². The van der Waals surface area contributed by atoms with Crippen LogP contribution in [0.3, 0.4) is 0 Å². The van der Waals surface area contributed by atoms with Crippen LogP contribution in [0.15, 0.2) is 39.8 Å². The molecule has 4 rings (SSSR count). The molecule has 1 aliphatic rings. The lowest BCUT2D eigenvalue weighted by Crippen LogP contribution is -2.48. The molecule has 8 nitrogen and oxygen atoms in total. The molecule has 0 aliphatic carbocycles. The van der Waals surface area contributed by atoms with Gasteiger partial charge in [-0.05, 0) is 24.6 Å². The number of hydrogen-bond donors (Lipinski definition) is 0. The van der Waals surface area contributed by atoms with Gasteiger partial charge in [-0.15, -0.1) is 0 Å². The van der Waals surface area contributed by atoms with Gasteiger partial charge < -0.3 is 14.1 Å². The van der Waals surface area contributed by atoms with Crippen molar-refractivity contribution < 1.29 is 13.9 Å². The normalized spacial score (nSPS) is 15.0. The van der Waals surface area contributed by atoms with Crippen molar-refractivity contribution in [2.75, 3.05) is 39.9 Å². The van der Waals surface area contributed by atoms with Gasteiger partial charge in [0.05, 0.1) is 18.7 Å². The lowest BCUT2D eigenvalue weighted by molar-refractivity contribution is 0.0628. The van der Waals surface area contributed by atoms with E-state index in [1.54, 1.807) is 18.9 Å². The third kappa shape index (κ3) is 4.51. The summed E-state index contributed by atoms with van der Waals surface area (Å²) in [5, 5.41) is 0.961. The van der Waals surface area contributed by atoms with Crippen LogP contribution in [0.2, 0.25) is 5.02 Å². The van der Waals surface area contributed by atoms with E-state index in [9.17, 15) is 9.59 Å². The van der Waals surface area contributed by atoms with Crippen LogP contribution >= 0.6 is 11.6 Å². The zero-order valence-electron chi connectivity index (χ0n) is 17.6. The molecule has 0 saturated carbocycles. The maximum Gasteiger partial charge on any atom is 0.265 e. The summed E-state index contributed by atoms with van der Waals surface area (Å²) in [6, 6.07) is 7.80. The fourth-order valence-corrected chi connectivity index (χ4v) is 3.99. The van der Waals surface area contributed by atoms with E-state index in [2.05, 4.69) is 9.88 Å². The quantitative estimate of drug-likeness (QED) is 0.581. The van der Waals surface area contributed by atoms with Crippen LogP contribution in [0.5, 0.6) is 0 Å². The summed E-state index contributed by atoms with van der Waals surface area (Å²) in [4.78, 5) is 34.6. The van der Waals surface area contributed by atoms with Crippen molar-refractivity contribution >= 4 is 28.6 Å². The smallest absolute Gasteiger partial charge is 0.265 e. The minimum absolute atomic E-state index is 0.189. The van der Waals surface area contributed by atoms with Gasteiger partial charge >= 0.3 is 0 Å². The first kappa shape index (κ1) is 21.5. The number of benzene rings is 1. The van der Waals surface area contributed by atoms with Gasteiger partial charge in [-0.1, -0.05) is 23.7 Å². The summed E-state index contributed by atoms with van der Waals surface area (Å²) in [5.41, 5.74) is 1.40. The number of furan rings is 1. The molecule has 164 valence electrons. The molecule has 3 heterocycles. The number of carbonyl (C=O) groups is 1. The molecule has 2 aromatic heterocycles. The Morgan fingerprint density at radius 2 is 1.90 bits per heavy atom. The van der Waals surface area contributed by atoms with Crippen molar-refractivity contribution in [3.05, 3.63) is 62.9 Å². The average Bonchev–Trinajstić information content (AvgIpc) is 3.11. The molecule has 0 N–H and O–H groups in total. The summed E-state index contributed by atoms with van der Waals surface area (Å²) < 4.78 is 12.1. The SMILES string of the molecule is COCCn1cnc2oc(C)c(C(=O)N3CCN(Cc4ccc(Cl)cc4)CC3)c2c1=O. The van der Waals surface area contributed by atoms with Crippen LogP contribution in [0.4, 0.5) is 0 Å². The molecule has 1 amide bonds. The van der Waals surface area contributed by atoms with Gasteiger partial charge in [0.25, 0.3) is 11.5 Å². The number of nitrogens with zero attached hydrogens (tertiary/aromatic N) is 4. The number of piperazine rings is 1. The predicted molar refractivity (Wildman–Crippen MR) is 118 cm³/mol. The number of aromatic nitrogens is 2. The van der Waals surface area contributed by atoms with Crippen molar-refractivity contribution in [1.82, 2.24) is 19.4 Å². The van der Waals surface area contributed by atoms with Crippen molar-refractivity contribution in [2.24, 2.45) is 0 Å². The first-order chi connectivity index (χ1) is 15.0. The van der Waals surface area contributed by atoms with Crippen LogP contribution in [0.1, 0.15) is 21.7 Å². The minimum Gasteiger partial charge on any atom is -0.442 e. The monoisotopic (exact) mass is 444 g/mol. The molecule has 1 aliphatic heterocycles. The Hall–Kier alpha value is -2.68. The van der Waals surface area contributed by atoms with Gasteiger partial charge in [0.2, 0.25) is 5.71 Å². The Morgan fingerprint density at radius 3 is 2.58 bits per heavy atom. The Bertz CT molecular complexity index is 1130. The maximum absolute atomic E-state index is 13.3. The van der Waals surface area contributed by atoms with Crippen molar-refractivity contribution in [3.63, 3.8) is 0 Å². The van der Waals surface area contributed by atoms with E-state index >= 15 is 0 Å². The number of amides is 1. The molecule has 1 aromatic carbocycles. The Kier molecular flexibility index (Phi) is 6.41. The Labute approximate surface area is 185 Å². The minimum atomic E-state index is -0.288. The number of methoxy groups -OCH3 is 1. The van der Waals surface area contributed by atoms with Gasteiger partial charge in [-0.3, -0.25) is 19.1 Å². The van der Waals surface area contributed by atoms with Crippen LogP contribution in [0, 0.1) is 6.92 Å².